The fourth-order valence-electron chi connectivity index (χ4n) is 3.44. The van der Waals surface area contributed by atoms with Gasteiger partial charge in [0.05, 0.1) is 0 Å². The van der Waals surface area contributed by atoms with Crippen LogP contribution in [0, 0.1) is 12.8 Å². The first-order chi connectivity index (χ1) is 8.65. The van der Waals surface area contributed by atoms with E-state index >= 15 is 0 Å². The maximum Gasteiger partial charge on any atom is 0.142 e. The number of rotatable bonds is 3. The summed E-state index contributed by atoms with van der Waals surface area (Å²) in [5.74, 6) is 1.48. The highest BCUT2D eigenvalue weighted by molar-refractivity contribution is 7.10. The highest BCUT2D eigenvalue weighted by Crippen LogP contribution is 2.37. The number of anilines is 2. The maximum absolute atomic E-state index is 5.77. The highest BCUT2D eigenvalue weighted by atomic mass is 32.1. The third kappa shape index (κ3) is 2.10. The number of nitrogens with zero attached hydrogens (tertiary/aromatic N) is 2. The summed E-state index contributed by atoms with van der Waals surface area (Å²) in [7, 11) is 2.29. The molecule has 2 bridgehead atoms. The number of hydrogen-bond donors (Lipinski definition) is 2. The van der Waals surface area contributed by atoms with Crippen molar-refractivity contribution in [2.24, 2.45) is 5.92 Å². The van der Waals surface area contributed by atoms with Crippen LogP contribution in [0.2, 0.25) is 0 Å². The predicted octanol–water partition coefficient (Wildman–Crippen LogP) is 2.32. The van der Waals surface area contributed by atoms with Crippen molar-refractivity contribution in [2.45, 2.75) is 44.7 Å². The third-order valence-electron chi connectivity index (χ3n) is 4.71. The Morgan fingerprint density at radius 3 is 2.61 bits per heavy atom. The zero-order chi connectivity index (χ0) is 12.7. The Morgan fingerprint density at radius 2 is 2.06 bits per heavy atom. The molecule has 5 heteroatoms. The molecule has 3 N–H and O–H groups in total. The minimum atomic E-state index is 0.672. The van der Waals surface area contributed by atoms with Crippen LogP contribution in [0.25, 0.3) is 0 Å². The van der Waals surface area contributed by atoms with Crippen molar-refractivity contribution in [1.29, 1.82) is 0 Å². The Kier molecular flexibility index (Phi) is 3.20. The molecule has 4 nitrogen and oxygen atoms in total. The van der Waals surface area contributed by atoms with Gasteiger partial charge in [-0.1, -0.05) is 0 Å². The molecule has 0 spiro atoms. The molecule has 1 aromatic heterocycles. The van der Waals surface area contributed by atoms with Gasteiger partial charge in [0.2, 0.25) is 0 Å². The molecule has 0 radical (unpaired) electrons. The van der Waals surface area contributed by atoms with E-state index < -0.39 is 0 Å². The van der Waals surface area contributed by atoms with Gasteiger partial charge in [0.1, 0.15) is 10.8 Å². The van der Waals surface area contributed by atoms with E-state index in [0.29, 0.717) is 5.82 Å². The van der Waals surface area contributed by atoms with E-state index in [2.05, 4.69) is 21.6 Å². The van der Waals surface area contributed by atoms with E-state index in [1.165, 1.54) is 37.2 Å². The van der Waals surface area contributed by atoms with Gasteiger partial charge in [-0.3, -0.25) is 0 Å². The van der Waals surface area contributed by atoms with E-state index in [4.69, 9.17) is 5.73 Å². The molecule has 2 aliphatic rings. The number of nitrogens with one attached hydrogen (secondary N) is 1. The van der Waals surface area contributed by atoms with Gasteiger partial charge in [0, 0.05) is 24.2 Å². The van der Waals surface area contributed by atoms with Crippen LogP contribution in [-0.4, -0.2) is 34.9 Å². The second kappa shape index (κ2) is 4.70. The van der Waals surface area contributed by atoms with Crippen LogP contribution < -0.4 is 11.1 Å². The fraction of sp³-hybridized carbons (Fsp3) is 0.769. The number of aromatic nitrogens is 1. The molecule has 0 aromatic carbocycles. The van der Waals surface area contributed by atoms with Crippen LogP contribution in [-0.2, 0) is 0 Å². The Morgan fingerprint density at radius 1 is 1.39 bits per heavy atom. The van der Waals surface area contributed by atoms with E-state index in [1.54, 1.807) is 0 Å². The lowest BCUT2D eigenvalue weighted by molar-refractivity contribution is 0.139. The topological polar surface area (TPSA) is 54.2 Å². The molecular formula is C13H22N4S. The largest absolute Gasteiger partial charge is 0.383 e. The number of hydrogen-bond acceptors (Lipinski definition) is 5. The first-order valence-electron chi connectivity index (χ1n) is 6.82. The average Bonchev–Trinajstić information content (AvgIpc) is 2.77. The first kappa shape index (κ1) is 12.2. The smallest absolute Gasteiger partial charge is 0.142 e. The molecule has 0 amide bonds. The fourth-order valence-corrected chi connectivity index (χ4v) is 4.16. The summed E-state index contributed by atoms with van der Waals surface area (Å²) in [5.41, 5.74) is 6.88. The van der Waals surface area contributed by atoms with Crippen molar-refractivity contribution in [1.82, 2.24) is 9.27 Å². The summed E-state index contributed by atoms with van der Waals surface area (Å²) in [6, 6.07) is 1.64. The molecule has 2 unspecified atom stereocenters. The molecule has 2 saturated heterocycles. The van der Waals surface area contributed by atoms with Gasteiger partial charge in [-0.25, -0.2) is 0 Å². The van der Waals surface area contributed by atoms with E-state index in [0.717, 1.165) is 35.1 Å². The Balaban J connectivity index is 1.57. The zero-order valence-corrected chi connectivity index (χ0v) is 12.0. The quantitative estimate of drug-likeness (QED) is 0.881. The molecule has 18 heavy (non-hydrogen) atoms. The summed E-state index contributed by atoms with van der Waals surface area (Å²) in [6.45, 7) is 3.11. The van der Waals surface area contributed by atoms with Crippen molar-refractivity contribution in [3.8, 4) is 0 Å². The molecule has 2 atom stereocenters. The lowest BCUT2D eigenvalue weighted by atomic mass is 9.91. The lowest BCUT2D eigenvalue weighted by Crippen LogP contribution is -2.41. The third-order valence-corrected chi connectivity index (χ3v) is 5.63. The van der Waals surface area contributed by atoms with Gasteiger partial charge in [-0.2, -0.15) is 4.37 Å². The summed E-state index contributed by atoms with van der Waals surface area (Å²) in [6.07, 6.45) is 5.47. The lowest BCUT2D eigenvalue weighted by Gasteiger charge is -2.36. The monoisotopic (exact) mass is 266 g/mol. The molecule has 2 aliphatic heterocycles. The van der Waals surface area contributed by atoms with Gasteiger partial charge in [0.25, 0.3) is 0 Å². The van der Waals surface area contributed by atoms with Gasteiger partial charge in [0.15, 0.2) is 0 Å². The number of piperidine rings is 1. The van der Waals surface area contributed by atoms with Crippen LogP contribution in [0.5, 0.6) is 0 Å². The molecule has 1 aromatic rings. The van der Waals surface area contributed by atoms with E-state index in [1.807, 2.05) is 6.92 Å². The van der Waals surface area contributed by atoms with Crippen molar-refractivity contribution in [3.05, 3.63) is 5.56 Å². The standard InChI is InChI=1S/C13H22N4S/c1-8-12(14)16-18-13(8)15-7-9-5-10-3-4-11(6-9)17(10)2/h9-11,15H,3-7H2,1-2H3,(H2,14,16). The van der Waals surface area contributed by atoms with Crippen molar-refractivity contribution >= 4 is 22.4 Å². The Labute approximate surface area is 113 Å². The zero-order valence-electron chi connectivity index (χ0n) is 11.1. The second-order valence-electron chi connectivity index (χ2n) is 5.79. The highest BCUT2D eigenvalue weighted by Gasteiger charge is 2.38. The summed E-state index contributed by atoms with van der Waals surface area (Å²) in [4.78, 5) is 2.59. The van der Waals surface area contributed by atoms with Crippen LogP contribution in [0.4, 0.5) is 10.8 Å². The molecule has 3 rings (SSSR count). The van der Waals surface area contributed by atoms with E-state index in [-0.39, 0.29) is 0 Å². The number of nitrogen functional groups attached to an aromatic ring is 1. The average molecular weight is 266 g/mol. The van der Waals surface area contributed by atoms with Gasteiger partial charge in [-0.15, -0.1) is 0 Å². The normalized spacial score (nSPS) is 31.8. The Hall–Kier alpha value is -0.810. The minimum absolute atomic E-state index is 0.672. The number of fused-ring (bicyclic) bond motifs is 2. The SMILES string of the molecule is Cc1c(N)nsc1NCC1CC2CCC(C1)N2C. The Bertz CT molecular complexity index is 417. The molecule has 3 heterocycles. The summed E-state index contributed by atoms with van der Waals surface area (Å²) < 4.78 is 4.18. The molecule has 0 aliphatic carbocycles. The predicted molar refractivity (Wildman–Crippen MR) is 77.1 cm³/mol. The van der Waals surface area contributed by atoms with Crippen LogP contribution in [0.1, 0.15) is 31.2 Å². The van der Waals surface area contributed by atoms with E-state index in [9.17, 15) is 0 Å². The summed E-state index contributed by atoms with van der Waals surface area (Å²) in [5, 5.41) is 4.70. The summed E-state index contributed by atoms with van der Waals surface area (Å²) >= 11 is 1.49. The van der Waals surface area contributed by atoms with Gasteiger partial charge in [-0.05, 0) is 57.1 Å². The van der Waals surface area contributed by atoms with Crippen LogP contribution in [0.3, 0.4) is 0 Å². The van der Waals surface area contributed by atoms with Gasteiger partial charge >= 0.3 is 0 Å². The van der Waals surface area contributed by atoms with Crippen molar-refractivity contribution in [2.75, 3.05) is 24.6 Å². The minimum Gasteiger partial charge on any atom is -0.383 e. The molecular weight excluding hydrogens is 244 g/mol. The number of nitrogens with two attached hydrogens (primary N) is 1. The first-order valence-corrected chi connectivity index (χ1v) is 7.60. The van der Waals surface area contributed by atoms with Crippen molar-refractivity contribution in [3.63, 3.8) is 0 Å². The maximum atomic E-state index is 5.77. The van der Waals surface area contributed by atoms with Crippen molar-refractivity contribution < 1.29 is 0 Å². The molecule has 100 valence electrons. The second-order valence-corrected chi connectivity index (χ2v) is 6.56. The van der Waals surface area contributed by atoms with Crippen LogP contribution >= 0.6 is 11.5 Å². The van der Waals surface area contributed by atoms with Crippen LogP contribution in [0.15, 0.2) is 0 Å². The van der Waals surface area contributed by atoms with Gasteiger partial charge < -0.3 is 16.0 Å². The molecule has 0 saturated carbocycles. The molecule has 2 fully saturated rings.